The number of methoxy groups -OCH3 is 1. The van der Waals surface area contributed by atoms with Crippen molar-refractivity contribution in [2.24, 2.45) is 11.3 Å². The minimum Gasteiger partial charge on any atom is -0.479 e. The number of aliphatic carboxylic acids is 1. The highest BCUT2D eigenvalue weighted by molar-refractivity contribution is 5.74. The van der Waals surface area contributed by atoms with Crippen LogP contribution in [0.2, 0.25) is 0 Å². The van der Waals surface area contributed by atoms with E-state index in [0.717, 1.165) is 12.8 Å². The number of hydrogen-bond donors (Lipinski definition) is 1. The first-order chi connectivity index (χ1) is 7.91. The summed E-state index contributed by atoms with van der Waals surface area (Å²) in [4.78, 5) is 11.1. The molecule has 2 fully saturated rings. The fourth-order valence-corrected chi connectivity index (χ4v) is 3.23. The predicted molar refractivity (Wildman–Crippen MR) is 57.0 cm³/mol. The third kappa shape index (κ3) is 2.30. The van der Waals surface area contributed by atoms with Gasteiger partial charge in [-0.15, -0.1) is 0 Å². The number of carbonyl (C=O) groups is 1. The summed E-state index contributed by atoms with van der Waals surface area (Å²) < 4.78 is 31.2. The van der Waals surface area contributed by atoms with Gasteiger partial charge in [0.15, 0.2) is 6.10 Å². The van der Waals surface area contributed by atoms with Crippen LogP contribution < -0.4 is 0 Å². The van der Waals surface area contributed by atoms with Crippen molar-refractivity contribution in [1.29, 1.82) is 0 Å². The highest BCUT2D eigenvalue weighted by Crippen LogP contribution is 2.60. The van der Waals surface area contributed by atoms with Gasteiger partial charge in [0.25, 0.3) is 0 Å². The van der Waals surface area contributed by atoms with E-state index in [9.17, 15) is 13.6 Å². The SMILES string of the molecule is COC(C(=O)O)C1(C2CCC(F)(F)CC2)CC1. The Bertz CT molecular complexity index is 303. The van der Waals surface area contributed by atoms with Gasteiger partial charge in [0.05, 0.1) is 0 Å². The Hall–Kier alpha value is -0.710. The highest BCUT2D eigenvalue weighted by atomic mass is 19.3. The summed E-state index contributed by atoms with van der Waals surface area (Å²) in [7, 11) is 1.39. The van der Waals surface area contributed by atoms with Crippen molar-refractivity contribution in [3.05, 3.63) is 0 Å². The summed E-state index contributed by atoms with van der Waals surface area (Å²) in [6.07, 6.45) is 1.34. The minimum absolute atomic E-state index is 0.0724. The molecule has 5 heteroatoms. The molecule has 0 heterocycles. The van der Waals surface area contributed by atoms with Gasteiger partial charge in [-0.2, -0.15) is 0 Å². The number of hydrogen-bond acceptors (Lipinski definition) is 2. The van der Waals surface area contributed by atoms with Crippen molar-refractivity contribution in [1.82, 2.24) is 0 Å². The van der Waals surface area contributed by atoms with Gasteiger partial charge in [-0.05, 0) is 31.6 Å². The molecule has 3 nitrogen and oxygen atoms in total. The number of carboxylic acids is 1. The smallest absolute Gasteiger partial charge is 0.333 e. The molecule has 0 saturated heterocycles. The molecule has 2 saturated carbocycles. The summed E-state index contributed by atoms with van der Waals surface area (Å²) in [5.41, 5.74) is -0.378. The lowest BCUT2D eigenvalue weighted by molar-refractivity contribution is -0.156. The van der Waals surface area contributed by atoms with E-state index < -0.39 is 18.0 Å². The molecule has 2 aliphatic carbocycles. The molecule has 0 amide bonds. The van der Waals surface area contributed by atoms with E-state index in [0.29, 0.717) is 12.8 Å². The molecule has 0 radical (unpaired) electrons. The molecule has 0 spiro atoms. The summed E-state index contributed by atoms with van der Waals surface area (Å²) >= 11 is 0. The first kappa shape index (κ1) is 12.7. The lowest BCUT2D eigenvalue weighted by Gasteiger charge is -2.36. The van der Waals surface area contributed by atoms with Crippen LogP contribution in [-0.2, 0) is 9.53 Å². The molecule has 98 valence electrons. The Labute approximate surface area is 99.1 Å². The van der Waals surface area contributed by atoms with Crippen LogP contribution in [0.4, 0.5) is 8.78 Å². The molecule has 0 aliphatic heterocycles. The monoisotopic (exact) mass is 248 g/mol. The fraction of sp³-hybridized carbons (Fsp3) is 0.917. The molecule has 0 bridgehead atoms. The van der Waals surface area contributed by atoms with Crippen LogP contribution in [0, 0.1) is 11.3 Å². The van der Waals surface area contributed by atoms with Crippen LogP contribution in [0.3, 0.4) is 0 Å². The second-order valence-electron chi connectivity index (χ2n) is 5.32. The average Bonchev–Trinajstić information content (AvgIpc) is 2.99. The summed E-state index contributed by atoms with van der Waals surface area (Å²) in [5, 5.41) is 9.11. The maximum absolute atomic E-state index is 13.1. The van der Waals surface area contributed by atoms with E-state index in [-0.39, 0.29) is 24.2 Å². The molecule has 0 aromatic rings. The predicted octanol–water partition coefficient (Wildman–Crippen LogP) is 2.69. The number of carboxylic acid groups (broad SMARTS) is 1. The minimum atomic E-state index is -2.56. The molecular formula is C12H18F2O3. The van der Waals surface area contributed by atoms with Crippen LogP contribution in [0.1, 0.15) is 38.5 Å². The lowest BCUT2D eigenvalue weighted by Crippen LogP contribution is -2.40. The first-order valence-electron chi connectivity index (χ1n) is 6.05. The number of alkyl halides is 2. The molecule has 1 unspecified atom stereocenters. The fourth-order valence-electron chi connectivity index (χ4n) is 3.23. The maximum Gasteiger partial charge on any atom is 0.333 e. The van der Waals surface area contributed by atoms with Gasteiger partial charge in [-0.25, -0.2) is 13.6 Å². The second-order valence-corrected chi connectivity index (χ2v) is 5.32. The normalized spacial score (nSPS) is 28.6. The van der Waals surface area contributed by atoms with Crippen LogP contribution >= 0.6 is 0 Å². The summed E-state index contributed by atoms with van der Waals surface area (Å²) in [6.45, 7) is 0. The number of halogens is 2. The molecule has 0 aromatic carbocycles. The second kappa shape index (κ2) is 4.19. The third-order valence-electron chi connectivity index (χ3n) is 4.34. The molecule has 17 heavy (non-hydrogen) atoms. The highest BCUT2D eigenvalue weighted by Gasteiger charge is 2.59. The summed E-state index contributed by atoms with van der Waals surface area (Å²) in [5.74, 6) is -3.45. The number of ether oxygens (including phenoxy) is 1. The molecular weight excluding hydrogens is 230 g/mol. The Morgan fingerprint density at radius 3 is 2.18 bits per heavy atom. The molecule has 0 aromatic heterocycles. The largest absolute Gasteiger partial charge is 0.479 e. The Morgan fingerprint density at radius 2 is 1.82 bits per heavy atom. The zero-order valence-electron chi connectivity index (χ0n) is 9.92. The van der Waals surface area contributed by atoms with Gasteiger partial charge in [0.1, 0.15) is 0 Å². The quantitative estimate of drug-likeness (QED) is 0.832. The van der Waals surface area contributed by atoms with E-state index in [1.165, 1.54) is 7.11 Å². The van der Waals surface area contributed by atoms with Crippen LogP contribution in [-0.4, -0.2) is 30.2 Å². The van der Waals surface area contributed by atoms with Gasteiger partial charge in [0.2, 0.25) is 5.92 Å². The Kier molecular flexibility index (Phi) is 3.14. The molecule has 2 rings (SSSR count). The van der Waals surface area contributed by atoms with Crippen LogP contribution in [0.25, 0.3) is 0 Å². The van der Waals surface area contributed by atoms with Crippen LogP contribution in [0.15, 0.2) is 0 Å². The maximum atomic E-state index is 13.1. The van der Waals surface area contributed by atoms with Crippen molar-refractivity contribution in [2.45, 2.75) is 50.6 Å². The molecule has 1 atom stereocenters. The zero-order valence-corrected chi connectivity index (χ0v) is 9.92. The zero-order chi connectivity index (χ0) is 12.7. The summed E-state index contributed by atoms with van der Waals surface area (Å²) in [6, 6.07) is 0. The van der Waals surface area contributed by atoms with Crippen molar-refractivity contribution in [2.75, 3.05) is 7.11 Å². The van der Waals surface area contributed by atoms with Crippen molar-refractivity contribution >= 4 is 5.97 Å². The van der Waals surface area contributed by atoms with Crippen molar-refractivity contribution < 1.29 is 23.4 Å². The van der Waals surface area contributed by atoms with E-state index in [4.69, 9.17) is 9.84 Å². The van der Waals surface area contributed by atoms with Gasteiger partial charge in [-0.1, -0.05) is 0 Å². The standard InChI is InChI=1S/C12H18F2O3/c1-17-9(10(15)16)11(6-7-11)8-2-4-12(13,14)5-3-8/h8-9H,2-7H2,1H3,(H,15,16). The lowest BCUT2D eigenvalue weighted by atomic mass is 9.74. The van der Waals surface area contributed by atoms with Gasteiger partial charge in [0, 0.05) is 25.4 Å². The van der Waals surface area contributed by atoms with E-state index >= 15 is 0 Å². The average molecular weight is 248 g/mol. The van der Waals surface area contributed by atoms with Gasteiger partial charge >= 0.3 is 5.97 Å². The van der Waals surface area contributed by atoms with Crippen molar-refractivity contribution in [3.8, 4) is 0 Å². The van der Waals surface area contributed by atoms with E-state index in [1.54, 1.807) is 0 Å². The molecule has 2 aliphatic rings. The topological polar surface area (TPSA) is 46.5 Å². The Morgan fingerprint density at radius 1 is 1.29 bits per heavy atom. The number of rotatable bonds is 4. The third-order valence-corrected chi connectivity index (χ3v) is 4.34. The first-order valence-corrected chi connectivity index (χ1v) is 6.05. The van der Waals surface area contributed by atoms with Gasteiger partial charge < -0.3 is 9.84 Å². The molecule has 1 N–H and O–H groups in total. The van der Waals surface area contributed by atoms with E-state index in [1.807, 2.05) is 0 Å². The van der Waals surface area contributed by atoms with Gasteiger partial charge in [-0.3, -0.25) is 0 Å². The van der Waals surface area contributed by atoms with Crippen LogP contribution in [0.5, 0.6) is 0 Å². The Balaban J connectivity index is 2.05. The van der Waals surface area contributed by atoms with E-state index in [2.05, 4.69) is 0 Å². The van der Waals surface area contributed by atoms with Crippen molar-refractivity contribution in [3.63, 3.8) is 0 Å².